The second-order valence-electron chi connectivity index (χ2n) is 7.40. The van der Waals surface area contributed by atoms with Gasteiger partial charge in [-0.1, -0.05) is 48.4 Å². The average Bonchev–Trinajstić information content (AvgIpc) is 3.19. The zero-order chi connectivity index (χ0) is 22.2. The number of pyridine rings is 1. The number of aliphatic hydroxyl groups is 1. The van der Waals surface area contributed by atoms with Crippen LogP contribution in [0.3, 0.4) is 0 Å². The van der Waals surface area contributed by atoms with E-state index in [4.69, 9.17) is 10.1 Å². The molecule has 0 aliphatic heterocycles. The van der Waals surface area contributed by atoms with E-state index in [1.165, 1.54) is 17.7 Å². The summed E-state index contributed by atoms with van der Waals surface area (Å²) in [7, 11) is 0. The third-order valence-corrected chi connectivity index (χ3v) is 5.15. The number of hydrogen-bond donors (Lipinski definition) is 1. The van der Waals surface area contributed by atoms with Crippen LogP contribution in [0, 0.1) is 17.7 Å². The van der Waals surface area contributed by atoms with Crippen LogP contribution in [-0.4, -0.2) is 26.2 Å². The van der Waals surface area contributed by atoms with Gasteiger partial charge in [0.25, 0.3) is 0 Å². The highest BCUT2D eigenvalue weighted by Gasteiger charge is 2.19. The standard InChI is InChI=1S/C27H24FN3O/c28-24-12-6-11-23(20-24)26-27(22-14-16-29-17-15-22)31(25(30-26)13-4-5-19-32)18-7-10-21-8-2-1-3-9-21/h1-3,6,8-9,11-12,14-17,20,32H,5,7,10,18-19H2. The lowest BCUT2D eigenvalue weighted by atomic mass is 10.1. The average molecular weight is 426 g/mol. The number of nitrogens with zero attached hydrogens (tertiary/aromatic N) is 3. The molecule has 4 nitrogen and oxygen atoms in total. The topological polar surface area (TPSA) is 50.9 Å². The van der Waals surface area contributed by atoms with Gasteiger partial charge in [-0.2, -0.15) is 0 Å². The molecule has 4 rings (SSSR count). The van der Waals surface area contributed by atoms with Crippen LogP contribution in [-0.2, 0) is 13.0 Å². The van der Waals surface area contributed by atoms with Gasteiger partial charge >= 0.3 is 0 Å². The molecule has 0 aliphatic carbocycles. The maximum absolute atomic E-state index is 14.0. The summed E-state index contributed by atoms with van der Waals surface area (Å²) >= 11 is 0. The second-order valence-corrected chi connectivity index (χ2v) is 7.40. The highest BCUT2D eigenvalue weighted by Crippen LogP contribution is 2.33. The Morgan fingerprint density at radius 2 is 1.75 bits per heavy atom. The molecule has 0 spiro atoms. The van der Waals surface area contributed by atoms with Crippen LogP contribution in [0.1, 0.15) is 24.2 Å². The van der Waals surface area contributed by atoms with Crippen LogP contribution in [0.4, 0.5) is 4.39 Å². The number of imidazole rings is 1. The molecular formula is C27H24FN3O. The summed E-state index contributed by atoms with van der Waals surface area (Å²) in [5.41, 5.74) is 4.49. The van der Waals surface area contributed by atoms with Crippen molar-refractivity contribution in [3.05, 3.63) is 96.3 Å². The Morgan fingerprint density at radius 1 is 0.938 bits per heavy atom. The molecule has 2 heterocycles. The summed E-state index contributed by atoms with van der Waals surface area (Å²) in [6, 6.07) is 20.7. The second kappa shape index (κ2) is 10.5. The van der Waals surface area contributed by atoms with Gasteiger partial charge in [0.1, 0.15) is 5.82 Å². The fraction of sp³-hybridized carbons (Fsp3) is 0.185. The maximum Gasteiger partial charge on any atom is 0.186 e. The van der Waals surface area contributed by atoms with Gasteiger partial charge in [0.05, 0.1) is 18.0 Å². The van der Waals surface area contributed by atoms with Crippen LogP contribution >= 0.6 is 0 Å². The lowest BCUT2D eigenvalue weighted by molar-refractivity contribution is 0.305. The van der Waals surface area contributed by atoms with E-state index < -0.39 is 0 Å². The van der Waals surface area contributed by atoms with Crippen LogP contribution < -0.4 is 0 Å². The minimum absolute atomic E-state index is 0.00428. The fourth-order valence-corrected chi connectivity index (χ4v) is 3.69. The molecule has 0 saturated carbocycles. The minimum atomic E-state index is -0.310. The van der Waals surface area contributed by atoms with Gasteiger partial charge < -0.3 is 9.67 Å². The lowest BCUT2D eigenvalue weighted by Crippen LogP contribution is -2.05. The number of hydrogen-bond acceptors (Lipinski definition) is 3. The number of aromatic nitrogens is 3. The lowest BCUT2D eigenvalue weighted by Gasteiger charge is -2.12. The van der Waals surface area contributed by atoms with E-state index >= 15 is 0 Å². The van der Waals surface area contributed by atoms with Gasteiger partial charge in [-0.05, 0) is 48.6 Å². The van der Waals surface area contributed by atoms with E-state index in [9.17, 15) is 4.39 Å². The number of halogens is 1. The molecule has 0 atom stereocenters. The monoisotopic (exact) mass is 425 g/mol. The van der Waals surface area contributed by atoms with Gasteiger partial charge in [0, 0.05) is 36.5 Å². The molecule has 0 unspecified atom stereocenters. The Hall–Kier alpha value is -3.75. The first-order chi connectivity index (χ1) is 15.8. The molecule has 0 radical (unpaired) electrons. The summed E-state index contributed by atoms with van der Waals surface area (Å²) in [5.74, 6) is 6.39. The van der Waals surface area contributed by atoms with Crippen molar-refractivity contribution in [2.24, 2.45) is 0 Å². The van der Waals surface area contributed by atoms with E-state index in [0.29, 0.717) is 30.0 Å². The normalized spacial score (nSPS) is 10.6. The summed E-state index contributed by atoms with van der Waals surface area (Å²) in [6.07, 6.45) is 5.67. The molecule has 2 aromatic heterocycles. The number of benzene rings is 2. The van der Waals surface area contributed by atoms with Gasteiger partial charge in [0.15, 0.2) is 5.82 Å². The number of aliphatic hydroxyl groups excluding tert-OH is 1. The van der Waals surface area contributed by atoms with Crippen molar-refractivity contribution in [2.45, 2.75) is 25.8 Å². The molecule has 0 bridgehead atoms. The molecule has 0 fully saturated rings. The van der Waals surface area contributed by atoms with Gasteiger partial charge in [-0.15, -0.1) is 0 Å². The van der Waals surface area contributed by atoms with Crippen molar-refractivity contribution in [1.82, 2.24) is 14.5 Å². The minimum Gasteiger partial charge on any atom is -0.395 e. The maximum atomic E-state index is 14.0. The van der Waals surface area contributed by atoms with Crippen LogP contribution in [0.15, 0.2) is 79.1 Å². The van der Waals surface area contributed by atoms with Gasteiger partial charge in [-0.25, -0.2) is 9.37 Å². The van der Waals surface area contributed by atoms with E-state index in [1.807, 2.05) is 36.4 Å². The highest BCUT2D eigenvalue weighted by atomic mass is 19.1. The van der Waals surface area contributed by atoms with Crippen molar-refractivity contribution >= 4 is 0 Å². The van der Waals surface area contributed by atoms with Gasteiger partial charge in [-0.3, -0.25) is 4.98 Å². The molecule has 0 amide bonds. The summed E-state index contributed by atoms with van der Waals surface area (Å²) in [5, 5.41) is 9.15. The molecular weight excluding hydrogens is 401 g/mol. The molecule has 160 valence electrons. The number of rotatable bonds is 7. The molecule has 0 saturated heterocycles. The largest absolute Gasteiger partial charge is 0.395 e. The van der Waals surface area contributed by atoms with E-state index in [-0.39, 0.29) is 12.4 Å². The molecule has 4 aromatic rings. The Morgan fingerprint density at radius 3 is 2.50 bits per heavy atom. The number of aryl methyl sites for hydroxylation is 1. The molecule has 0 aliphatic rings. The highest BCUT2D eigenvalue weighted by molar-refractivity contribution is 5.79. The van der Waals surface area contributed by atoms with E-state index in [1.54, 1.807) is 18.5 Å². The quantitative estimate of drug-likeness (QED) is 0.418. The first kappa shape index (κ1) is 21.5. The van der Waals surface area contributed by atoms with Crippen molar-refractivity contribution in [1.29, 1.82) is 0 Å². The molecule has 1 N–H and O–H groups in total. The van der Waals surface area contributed by atoms with E-state index in [0.717, 1.165) is 24.1 Å². The van der Waals surface area contributed by atoms with Crippen LogP contribution in [0.5, 0.6) is 0 Å². The van der Waals surface area contributed by atoms with Crippen molar-refractivity contribution in [3.8, 4) is 34.4 Å². The van der Waals surface area contributed by atoms with E-state index in [2.05, 4.69) is 33.5 Å². The third kappa shape index (κ3) is 5.11. The Balaban J connectivity index is 1.79. The zero-order valence-electron chi connectivity index (χ0n) is 17.7. The zero-order valence-corrected chi connectivity index (χ0v) is 17.7. The predicted octanol–water partition coefficient (Wildman–Crippen LogP) is 5.12. The van der Waals surface area contributed by atoms with Crippen molar-refractivity contribution in [3.63, 3.8) is 0 Å². The SMILES string of the molecule is OCCC#Cc1nc(-c2cccc(F)c2)c(-c2ccncc2)n1CCCc1ccccc1. The van der Waals surface area contributed by atoms with Crippen LogP contribution in [0.25, 0.3) is 22.5 Å². The molecule has 2 aromatic carbocycles. The fourth-order valence-electron chi connectivity index (χ4n) is 3.69. The van der Waals surface area contributed by atoms with Crippen LogP contribution in [0.2, 0.25) is 0 Å². The Bertz CT molecular complexity index is 1220. The summed E-state index contributed by atoms with van der Waals surface area (Å²) in [6.45, 7) is 0.702. The Labute approximate surface area is 187 Å². The summed E-state index contributed by atoms with van der Waals surface area (Å²) in [4.78, 5) is 8.96. The van der Waals surface area contributed by atoms with Crippen molar-refractivity contribution in [2.75, 3.05) is 6.61 Å². The Kier molecular flexibility index (Phi) is 7.06. The summed E-state index contributed by atoms with van der Waals surface area (Å²) < 4.78 is 16.1. The van der Waals surface area contributed by atoms with Gasteiger partial charge in [0.2, 0.25) is 0 Å². The first-order valence-electron chi connectivity index (χ1n) is 10.7. The third-order valence-electron chi connectivity index (χ3n) is 5.15. The van der Waals surface area contributed by atoms with Crippen molar-refractivity contribution < 1.29 is 9.50 Å². The molecule has 5 heteroatoms. The first-order valence-corrected chi connectivity index (χ1v) is 10.7. The molecule has 32 heavy (non-hydrogen) atoms. The smallest absolute Gasteiger partial charge is 0.186 e. The predicted molar refractivity (Wildman–Crippen MR) is 124 cm³/mol.